The van der Waals surface area contributed by atoms with Crippen LogP contribution >= 0.6 is 0 Å². The van der Waals surface area contributed by atoms with Gasteiger partial charge in [0.1, 0.15) is 5.75 Å². The van der Waals surface area contributed by atoms with E-state index in [0.29, 0.717) is 19.6 Å². The van der Waals surface area contributed by atoms with Crippen LogP contribution in [-0.2, 0) is 10.0 Å². The summed E-state index contributed by atoms with van der Waals surface area (Å²) in [7, 11) is -3.20. The van der Waals surface area contributed by atoms with Crippen LogP contribution in [-0.4, -0.2) is 27.3 Å². The molecule has 0 aliphatic rings. The number of sulfonamides is 1. The molecule has 0 bridgehead atoms. The molecular formula is C12H17NO3S. The zero-order chi connectivity index (χ0) is 12.6. The van der Waals surface area contributed by atoms with Crippen LogP contribution in [0.2, 0.25) is 0 Å². The second-order valence-electron chi connectivity index (χ2n) is 3.48. The number of ether oxygens (including phenoxy) is 1. The molecule has 0 saturated heterocycles. The first-order valence-electron chi connectivity index (χ1n) is 5.40. The SMILES string of the molecule is C=CCS(=O)(=O)NCCCOc1ccccc1. The van der Waals surface area contributed by atoms with Gasteiger partial charge in [0.2, 0.25) is 10.0 Å². The molecule has 0 atom stereocenters. The molecular weight excluding hydrogens is 238 g/mol. The van der Waals surface area contributed by atoms with Gasteiger partial charge in [-0.05, 0) is 18.6 Å². The van der Waals surface area contributed by atoms with Gasteiger partial charge < -0.3 is 4.74 Å². The van der Waals surface area contributed by atoms with Crippen molar-refractivity contribution in [3.8, 4) is 5.75 Å². The maximum Gasteiger partial charge on any atom is 0.215 e. The van der Waals surface area contributed by atoms with Gasteiger partial charge >= 0.3 is 0 Å². The molecule has 4 nitrogen and oxygen atoms in total. The molecule has 0 fully saturated rings. The predicted octanol–water partition coefficient (Wildman–Crippen LogP) is 1.56. The van der Waals surface area contributed by atoms with Gasteiger partial charge in [0.05, 0.1) is 12.4 Å². The average Bonchev–Trinajstić information content (AvgIpc) is 2.30. The van der Waals surface area contributed by atoms with E-state index in [2.05, 4.69) is 11.3 Å². The molecule has 1 N–H and O–H groups in total. The van der Waals surface area contributed by atoms with Crippen molar-refractivity contribution >= 4 is 10.0 Å². The Labute approximate surface area is 102 Å². The Balaban J connectivity index is 2.15. The van der Waals surface area contributed by atoms with Gasteiger partial charge in [0, 0.05) is 6.54 Å². The minimum absolute atomic E-state index is 0.0491. The summed E-state index contributed by atoms with van der Waals surface area (Å²) < 4.78 is 30.4. The third kappa shape index (κ3) is 6.09. The highest BCUT2D eigenvalue weighted by atomic mass is 32.2. The Kier molecular flexibility index (Phi) is 5.72. The van der Waals surface area contributed by atoms with Crippen molar-refractivity contribution in [1.29, 1.82) is 0 Å². The van der Waals surface area contributed by atoms with E-state index in [9.17, 15) is 8.42 Å². The van der Waals surface area contributed by atoms with Gasteiger partial charge in [-0.1, -0.05) is 24.3 Å². The number of benzene rings is 1. The number of rotatable bonds is 8. The Bertz CT molecular complexity index is 428. The van der Waals surface area contributed by atoms with Crippen molar-refractivity contribution in [2.75, 3.05) is 18.9 Å². The van der Waals surface area contributed by atoms with Crippen molar-refractivity contribution in [3.63, 3.8) is 0 Å². The lowest BCUT2D eigenvalue weighted by molar-refractivity contribution is 0.311. The summed E-state index contributed by atoms with van der Waals surface area (Å²) in [6.07, 6.45) is 1.99. The van der Waals surface area contributed by atoms with Crippen LogP contribution in [0.4, 0.5) is 0 Å². The maximum atomic E-state index is 11.2. The predicted molar refractivity (Wildman–Crippen MR) is 68.5 cm³/mol. The Morgan fingerprint density at radius 2 is 2.00 bits per heavy atom. The molecule has 0 heterocycles. The molecule has 0 unspecified atom stereocenters. The van der Waals surface area contributed by atoms with Crippen LogP contribution in [0.1, 0.15) is 6.42 Å². The molecule has 0 spiro atoms. The van der Waals surface area contributed by atoms with Crippen LogP contribution in [0, 0.1) is 0 Å². The largest absolute Gasteiger partial charge is 0.494 e. The van der Waals surface area contributed by atoms with E-state index in [4.69, 9.17) is 4.74 Å². The molecule has 1 aromatic rings. The quantitative estimate of drug-likeness (QED) is 0.566. The van der Waals surface area contributed by atoms with E-state index in [1.165, 1.54) is 6.08 Å². The van der Waals surface area contributed by atoms with Crippen molar-refractivity contribution in [2.45, 2.75) is 6.42 Å². The summed E-state index contributed by atoms with van der Waals surface area (Å²) in [5.74, 6) is 0.744. The van der Waals surface area contributed by atoms with Gasteiger partial charge in [-0.3, -0.25) is 0 Å². The molecule has 0 aromatic heterocycles. The molecule has 0 aliphatic heterocycles. The molecule has 0 aliphatic carbocycles. The minimum Gasteiger partial charge on any atom is -0.494 e. The third-order valence-corrected chi connectivity index (χ3v) is 3.31. The van der Waals surface area contributed by atoms with E-state index in [1.54, 1.807) is 0 Å². The number of para-hydroxylation sites is 1. The van der Waals surface area contributed by atoms with Crippen molar-refractivity contribution < 1.29 is 13.2 Å². The monoisotopic (exact) mass is 255 g/mol. The molecule has 1 rings (SSSR count). The fraction of sp³-hybridized carbons (Fsp3) is 0.333. The van der Waals surface area contributed by atoms with E-state index in [1.807, 2.05) is 30.3 Å². The second-order valence-corrected chi connectivity index (χ2v) is 5.33. The summed E-state index contributed by atoms with van der Waals surface area (Å²) in [4.78, 5) is 0. The van der Waals surface area contributed by atoms with Gasteiger partial charge in [0.25, 0.3) is 0 Å². The smallest absolute Gasteiger partial charge is 0.215 e. The third-order valence-electron chi connectivity index (χ3n) is 1.99. The average molecular weight is 255 g/mol. The zero-order valence-corrected chi connectivity index (χ0v) is 10.4. The molecule has 94 valence electrons. The normalized spacial score (nSPS) is 11.1. The topological polar surface area (TPSA) is 55.4 Å². The van der Waals surface area contributed by atoms with Crippen molar-refractivity contribution in [1.82, 2.24) is 4.72 Å². The standard InChI is InChI=1S/C12H17NO3S/c1-2-11-17(14,15)13-9-6-10-16-12-7-4-3-5-8-12/h2-5,7-8,13H,1,6,9-11H2. The zero-order valence-electron chi connectivity index (χ0n) is 9.63. The van der Waals surface area contributed by atoms with E-state index >= 15 is 0 Å². The number of hydrogen-bond acceptors (Lipinski definition) is 3. The van der Waals surface area contributed by atoms with Gasteiger partial charge in [-0.15, -0.1) is 6.58 Å². The maximum absolute atomic E-state index is 11.2. The molecule has 1 aromatic carbocycles. The first kappa shape index (κ1) is 13.7. The minimum atomic E-state index is -3.20. The molecule has 5 heteroatoms. The highest BCUT2D eigenvalue weighted by Crippen LogP contribution is 2.07. The lowest BCUT2D eigenvalue weighted by Crippen LogP contribution is -2.27. The first-order chi connectivity index (χ1) is 8.14. The number of hydrogen-bond donors (Lipinski definition) is 1. The molecule has 0 saturated carbocycles. The van der Waals surface area contributed by atoms with E-state index < -0.39 is 10.0 Å². The summed E-state index contributed by atoms with van der Waals surface area (Å²) in [6.45, 7) is 4.25. The highest BCUT2D eigenvalue weighted by Gasteiger charge is 2.05. The number of nitrogens with one attached hydrogen (secondary N) is 1. The molecule has 17 heavy (non-hydrogen) atoms. The van der Waals surface area contributed by atoms with Crippen LogP contribution in [0.3, 0.4) is 0 Å². The van der Waals surface area contributed by atoms with Crippen molar-refractivity contribution in [3.05, 3.63) is 43.0 Å². The van der Waals surface area contributed by atoms with Crippen LogP contribution in [0.5, 0.6) is 5.75 Å². The Morgan fingerprint density at radius 1 is 1.29 bits per heavy atom. The second kappa shape index (κ2) is 7.09. The Hall–Kier alpha value is -1.33. The lowest BCUT2D eigenvalue weighted by Gasteiger charge is -2.06. The summed E-state index contributed by atoms with van der Waals surface area (Å²) in [5, 5.41) is 0. The van der Waals surface area contributed by atoms with Crippen LogP contribution in [0.25, 0.3) is 0 Å². The summed E-state index contributed by atoms with van der Waals surface area (Å²) in [6, 6.07) is 9.42. The van der Waals surface area contributed by atoms with E-state index in [-0.39, 0.29) is 5.75 Å². The van der Waals surface area contributed by atoms with Gasteiger partial charge in [-0.25, -0.2) is 13.1 Å². The highest BCUT2D eigenvalue weighted by molar-refractivity contribution is 7.89. The van der Waals surface area contributed by atoms with Crippen LogP contribution in [0.15, 0.2) is 43.0 Å². The van der Waals surface area contributed by atoms with E-state index in [0.717, 1.165) is 5.75 Å². The lowest BCUT2D eigenvalue weighted by atomic mass is 10.3. The summed E-state index contributed by atoms with van der Waals surface area (Å²) in [5.41, 5.74) is 0. The Morgan fingerprint density at radius 3 is 2.65 bits per heavy atom. The summed E-state index contributed by atoms with van der Waals surface area (Å²) >= 11 is 0. The fourth-order valence-electron chi connectivity index (χ4n) is 1.22. The van der Waals surface area contributed by atoms with Gasteiger partial charge in [0.15, 0.2) is 0 Å². The first-order valence-corrected chi connectivity index (χ1v) is 7.05. The molecule has 0 amide bonds. The fourth-order valence-corrected chi connectivity index (χ4v) is 2.10. The van der Waals surface area contributed by atoms with Crippen LogP contribution < -0.4 is 9.46 Å². The molecule has 0 radical (unpaired) electrons. The van der Waals surface area contributed by atoms with Crippen molar-refractivity contribution in [2.24, 2.45) is 0 Å². The van der Waals surface area contributed by atoms with Gasteiger partial charge in [-0.2, -0.15) is 0 Å².